The molecule has 0 heterocycles. The number of rotatable bonds is 5. The molecule has 0 amide bonds. The summed E-state index contributed by atoms with van der Waals surface area (Å²) in [6.07, 6.45) is 10.5. The molecule has 1 aliphatic carbocycles. The van der Waals surface area contributed by atoms with Crippen molar-refractivity contribution in [1.82, 2.24) is 0 Å². The van der Waals surface area contributed by atoms with Crippen LogP contribution in [0.4, 0.5) is 0 Å². The number of aliphatic hydroxyl groups is 1. The first-order valence-corrected chi connectivity index (χ1v) is 6.37. The van der Waals surface area contributed by atoms with E-state index in [1.807, 2.05) is 0 Å². The Labute approximate surface area is 88.9 Å². The second-order valence-corrected chi connectivity index (χ2v) is 5.10. The van der Waals surface area contributed by atoms with Crippen molar-refractivity contribution in [1.29, 1.82) is 0 Å². The molecule has 0 bridgehead atoms. The molecule has 84 valence electrons. The van der Waals surface area contributed by atoms with E-state index in [-0.39, 0.29) is 0 Å². The molecular weight excluding hydrogens is 172 g/mol. The van der Waals surface area contributed by atoms with E-state index in [1.165, 1.54) is 44.9 Å². The highest BCUT2D eigenvalue weighted by Gasteiger charge is 2.32. The SMILES string of the molecule is CCCCC1CCC(CC)(CO)CC1. The van der Waals surface area contributed by atoms with Crippen molar-refractivity contribution >= 4 is 0 Å². The third kappa shape index (κ3) is 2.98. The Balaban J connectivity index is 2.29. The fourth-order valence-corrected chi connectivity index (χ4v) is 2.69. The monoisotopic (exact) mass is 198 g/mol. The van der Waals surface area contributed by atoms with Gasteiger partial charge >= 0.3 is 0 Å². The van der Waals surface area contributed by atoms with Crippen LogP contribution < -0.4 is 0 Å². The average Bonchev–Trinajstić information content (AvgIpc) is 2.27. The van der Waals surface area contributed by atoms with Gasteiger partial charge in [-0.3, -0.25) is 0 Å². The molecule has 0 aromatic heterocycles. The van der Waals surface area contributed by atoms with Gasteiger partial charge in [-0.2, -0.15) is 0 Å². The first kappa shape index (κ1) is 12.0. The molecule has 1 N–H and O–H groups in total. The Hall–Kier alpha value is -0.0400. The zero-order valence-corrected chi connectivity index (χ0v) is 9.89. The summed E-state index contributed by atoms with van der Waals surface area (Å²) in [6.45, 7) is 4.90. The molecule has 0 unspecified atom stereocenters. The highest BCUT2D eigenvalue weighted by Crippen LogP contribution is 2.42. The van der Waals surface area contributed by atoms with E-state index in [2.05, 4.69) is 13.8 Å². The number of hydrogen-bond acceptors (Lipinski definition) is 1. The van der Waals surface area contributed by atoms with Crippen molar-refractivity contribution < 1.29 is 5.11 Å². The normalized spacial score (nSPS) is 33.2. The van der Waals surface area contributed by atoms with E-state index in [1.54, 1.807) is 0 Å². The minimum atomic E-state index is 0.294. The third-order valence-corrected chi connectivity index (χ3v) is 4.22. The van der Waals surface area contributed by atoms with Crippen molar-refractivity contribution in [2.75, 3.05) is 6.61 Å². The van der Waals surface area contributed by atoms with Crippen molar-refractivity contribution in [3.05, 3.63) is 0 Å². The predicted molar refractivity (Wildman–Crippen MR) is 61.3 cm³/mol. The van der Waals surface area contributed by atoms with Crippen LogP contribution in [0.25, 0.3) is 0 Å². The van der Waals surface area contributed by atoms with Crippen LogP contribution in [0.3, 0.4) is 0 Å². The van der Waals surface area contributed by atoms with Gasteiger partial charge in [-0.1, -0.05) is 33.1 Å². The molecule has 1 fully saturated rings. The van der Waals surface area contributed by atoms with E-state index in [0.29, 0.717) is 12.0 Å². The van der Waals surface area contributed by atoms with E-state index in [0.717, 1.165) is 12.3 Å². The smallest absolute Gasteiger partial charge is 0.0487 e. The fraction of sp³-hybridized carbons (Fsp3) is 1.00. The number of hydrogen-bond donors (Lipinski definition) is 1. The van der Waals surface area contributed by atoms with Crippen LogP contribution in [-0.4, -0.2) is 11.7 Å². The number of unbranched alkanes of at least 4 members (excludes halogenated alkanes) is 1. The molecule has 0 spiro atoms. The first-order valence-electron chi connectivity index (χ1n) is 6.37. The Bertz CT molecular complexity index is 139. The highest BCUT2D eigenvalue weighted by molar-refractivity contribution is 4.84. The maximum absolute atomic E-state index is 9.40. The standard InChI is InChI=1S/C13H26O/c1-3-5-6-12-7-9-13(4-2,11-14)10-8-12/h12,14H,3-11H2,1-2H3. The summed E-state index contributed by atoms with van der Waals surface area (Å²) in [7, 11) is 0. The van der Waals surface area contributed by atoms with Gasteiger partial charge in [-0.25, -0.2) is 0 Å². The van der Waals surface area contributed by atoms with Crippen LogP contribution >= 0.6 is 0 Å². The lowest BCUT2D eigenvalue weighted by atomic mass is 9.68. The van der Waals surface area contributed by atoms with Crippen LogP contribution in [0.1, 0.15) is 65.2 Å². The second-order valence-electron chi connectivity index (χ2n) is 5.10. The first-order chi connectivity index (χ1) is 6.76. The molecule has 1 nitrogen and oxygen atoms in total. The van der Waals surface area contributed by atoms with E-state index >= 15 is 0 Å². The van der Waals surface area contributed by atoms with Gasteiger partial charge in [0.25, 0.3) is 0 Å². The number of aliphatic hydroxyl groups excluding tert-OH is 1. The van der Waals surface area contributed by atoms with Crippen molar-refractivity contribution in [2.45, 2.75) is 65.2 Å². The third-order valence-electron chi connectivity index (χ3n) is 4.22. The van der Waals surface area contributed by atoms with Gasteiger partial charge in [0.05, 0.1) is 0 Å². The van der Waals surface area contributed by atoms with Gasteiger partial charge in [-0.15, -0.1) is 0 Å². The summed E-state index contributed by atoms with van der Waals surface area (Å²) in [5.41, 5.74) is 0.294. The van der Waals surface area contributed by atoms with Crippen LogP contribution in [0.2, 0.25) is 0 Å². The van der Waals surface area contributed by atoms with Gasteiger partial charge in [0.2, 0.25) is 0 Å². The summed E-state index contributed by atoms with van der Waals surface area (Å²) >= 11 is 0. The maximum Gasteiger partial charge on any atom is 0.0487 e. The van der Waals surface area contributed by atoms with E-state index in [4.69, 9.17) is 0 Å². The predicted octanol–water partition coefficient (Wildman–Crippen LogP) is 3.76. The second kappa shape index (κ2) is 5.75. The Morgan fingerprint density at radius 2 is 1.86 bits per heavy atom. The zero-order chi connectivity index (χ0) is 10.4. The van der Waals surface area contributed by atoms with Crippen molar-refractivity contribution in [3.63, 3.8) is 0 Å². The quantitative estimate of drug-likeness (QED) is 0.713. The molecular formula is C13H26O. The summed E-state index contributed by atoms with van der Waals surface area (Å²) in [6, 6.07) is 0. The molecule has 0 aliphatic heterocycles. The lowest BCUT2D eigenvalue weighted by molar-refractivity contribution is 0.0584. The molecule has 1 saturated carbocycles. The summed E-state index contributed by atoms with van der Waals surface area (Å²) in [5, 5.41) is 9.40. The van der Waals surface area contributed by atoms with Crippen LogP contribution in [0.5, 0.6) is 0 Å². The van der Waals surface area contributed by atoms with E-state index < -0.39 is 0 Å². The highest BCUT2D eigenvalue weighted by atomic mass is 16.3. The molecule has 1 heteroatoms. The lowest BCUT2D eigenvalue weighted by Crippen LogP contribution is -2.30. The molecule has 0 aromatic rings. The van der Waals surface area contributed by atoms with Crippen LogP contribution in [0, 0.1) is 11.3 Å². The Kier molecular flexibility index (Phi) is 4.94. The van der Waals surface area contributed by atoms with Gasteiger partial charge < -0.3 is 5.11 Å². The molecule has 0 saturated heterocycles. The molecule has 0 radical (unpaired) electrons. The van der Waals surface area contributed by atoms with Crippen LogP contribution in [0.15, 0.2) is 0 Å². The zero-order valence-electron chi connectivity index (χ0n) is 9.89. The summed E-state index contributed by atoms with van der Waals surface area (Å²) < 4.78 is 0. The maximum atomic E-state index is 9.40. The topological polar surface area (TPSA) is 20.2 Å². The van der Waals surface area contributed by atoms with Crippen molar-refractivity contribution in [3.8, 4) is 0 Å². The van der Waals surface area contributed by atoms with Crippen LogP contribution in [-0.2, 0) is 0 Å². The van der Waals surface area contributed by atoms with E-state index in [9.17, 15) is 5.11 Å². The van der Waals surface area contributed by atoms with Gasteiger partial charge in [0.1, 0.15) is 0 Å². The molecule has 1 aliphatic rings. The molecule has 0 aromatic carbocycles. The summed E-state index contributed by atoms with van der Waals surface area (Å²) in [5.74, 6) is 0.959. The summed E-state index contributed by atoms with van der Waals surface area (Å²) in [4.78, 5) is 0. The minimum Gasteiger partial charge on any atom is -0.396 e. The largest absolute Gasteiger partial charge is 0.396 e. The molecule has 0 atom stereocenters. The van der Waals surface area contributed by atoms with Gasteiger partial charge in [0, 0.05) is 6.61 Å². The molecule has 14 heavy (non-hydrogen) atoms. The average molecular weight is 198 g/mol. The Morgan fingerprint density at radius 3 is 2.29 bits per heavy atom. The fourth-order valence-electron chi connectivity index (χ4n) is 2.69. The lowest BCUT2D eigenvalue weighted by Gasteiger charge is -2.38. The van der Waals surface area contributed by atoms with Gasteiger partial charge in [0.15, 0.2) is 0 Å². The Morgan fingerprint density at radius 1 is 1.21 bits per heavy atom. The molecule has 1 rings (SSSR count). The minimum absolute atomic E-state index is 0.294. The van der Waals surface area contributed by atoms with Gasteiger partial charge in [-0.05, 0) is 43.4 Å². The van der Waals surface area contributed by atoms with Crippen molar-refractivity contribution in [2.24, 2.45) is 11.3 Å².